The smallest absolute Gasteiger partial charge is 0.244 e. The first-order chi connectivity index (χ1) is 13.2. The van der Waals surface area contributed by atoms with Crippen molar-refractivity contribution in [2.24, 2.45) is 0 Å². The number of ether oxygens (including phenoxy) is 1. The van der Waals surface area contributed by atoms with Crippen molar-refractivity contribution in [3.8, 4) is 5.75 Å². The second kappa shape index (κ2) is 9.57. The maximum absolute atomic E-state index is 12.0. The number of hydrogen-bond donors (Lipinski definition) is 2. The van der Waals surface area contributed by atoms with E-state index >= 15 is 0 Å². The highest BCUT2D eigenvalue weighted by Crippen LogP contribution is 2.14. The van der Waals surface area contributed by atoms with Crippen LogP contribution in [0.4, 0.5) is 0 Å². The van der Waals surface area contributed by atoms with Crippen molar-refractivity contribution < 1.29 is 9.53 Å². The van der Waals surface area contributed by atoms with E-state index in [4.69, 9.17) is 4.74 Å². The van der Waals surface area contributed by atoms with E-state index in [2.05, 4.69) is 22.2 Å². The van der Waals surface area contributed by atoms with Gasteiger partial charge in [0.15, 0.2) is 0 Å². The summed E-state index contributed by atoms with van der Waals surface area (Å²) in [4.78, 5) is 19.7. The molecule has 3 aromatic rings. The average Bonchev–Trinajstić information content (AvgIpc) is 3.10. The van der Waals surface area contributed by atoms with Gasteiger partial charge in [0.25, 0.3) is 0 Å². The van der Waals surface area contributed by atoms with Crippen molar-refractivity contribution >= 4 is 23.0 Å². The second-order valence-corrected chi connectivity index (χ2v) is 6.35. The number of carbonyl (C=O) groups is 1. The molecule has 5 nitrogen and oxygen atoms in total. The maximum atomic E-state index is 12.0. The number of unbranched alkanes of at least 4 members (excludes halogenated alkanes) is 1. The molecule has 1 heterocycles. The fourth-order valence-electron chi connectivity index (χ4n) is 2.67. The Bertz CT molecular complexity index is 864. The summed E-state index contributed by atoms with van der Waals surface area (Å²) in [6, 6.07) is 15.6. The molecule has 0 unspecified atom stereocenters. The third-order valence-electron chi connectivity index (χ3n) is 4.17. The Hall–Kier alpha value is -3.08. The van der Waals surface area contributed by atoms with Gasteiger partial charge in [-0.2, -0.15) is 0 Å². The lowest BCUT2D eigenvalue weighted by atomic mass is 10.2. The number of aromatic amines is 1. The molecule has 2 aromatic carbocycles. The average molecular weight is 363 g/mol. The SMILES string of the molecule is CCCCOc1ccc(/C=C/C(=O)NCCc2nc3ccccc3[nH]2)cc1. The number of rotatable bonds is 9. The number of H-pyrrole nitrogens is 1. The summed E-state index contributed by atoms with van der Waals surface area (Å²) in [6.07, 6.45) is 6.18. The van der Waals surface area contributed by atoms with Crippen LogP contribution >= 0.6 is 0 Å². The van der Waals surface area contributed by atoms with Crippen LogP contribution < -0.4 is 10.1 Å². The number of imidazole rings is 1. The Labute approximate surface area is 159 Å². The number of benzene rings is 2. The van der Waals surface area contributed by atoms with Gasteiger partial charge in [0, 0.05) is 19.0 Å². The van der Waals surface area contributed by atoms with Crippen molar-refractivity contribution in [1.82, 2.24) is 15.3 Å². The normalized spacial score (nSPS) is 11.1. The molecule has 27 heavy (non-hydrogen) atoms. The first-order valence-corrected chi connectivity index (χ1v) is 9.37. The Balaban J connectivity index is 1.43. The molecule has 1 aromatic heterocycles. The lowest BCUT2D eigenvalue weighted by Gasteiger charge is -2.05. The van der Waals surface area contributed by atoms with Crippen molar-refractivity contribution in [3.05, 3.63) is 66.0 Å². The lowest BCUT2D eigenvalue weighted by molar-refractivity contribution is -0.116. The molecule has 0 aliphatic rings. The predicted molar refractivity (Wildman–Crippen MR) is 109 cm³/mol. The second-order valence-electron chi connectivity index (χ2n) is 6.35. The van der Waals surface area contributed by atoms with Gasteiger partial charge in [-0.1, -0.05) is 37.6 Å². The van der Waals surface area contributed by atoms with Gasteiger partial charge in [0.2, 0.25) is 5.91 Å². The molecule has 0 saturated heterocycles. The quantitative estimate of drug-likeness (QED) is 0.444. The number of para-hydroxylation sites is 2. The first-order valence-electron chi connectivity index (χ1n) is 9.37. The van der Waals surface area contributed by atoms with Gasteiger partial charge in [-0.25, -0.2) is 4.98 Å². The van der Waals surface area contributed by atoms with Gasteiger partial charge in [-0.3, -0.25) is 4.79 Å². The van der Waals surface area contributed by atoms with Gasteiger partial charge in [-0.05, 0) is 42.3 Å². The highest BCUT2D eigenvalue weighted by atomic mass is 16.5. The van der Waals surface area contributed by atoms with E-state index in [1.807, 2.05) is 48.5 Å². The van der Waals surface area contributed by atoms with Crippen molar-refractivity contribution in [1.29, 1.82) is 0 Å². The number of fused-ring (bicyclic) bond motifs is 1. The van der Waals surface area contributed by atoms with Crippen LogP contribution in [0.1, 0.15) is 31.2 Å². The Morgan fingerprint density at radius 2 is 2.00 bits per heavy atom. The van der Waals surface area contributed by atoms with Crippen LogP contribution in [0.3, 0.4) is 0 Å². The Morgan fingerprint density at radius 1 is 1.19 bits per heavy atom. The number of nitrogens with zero attached hydrogens (tertiary/aromatic N) is 1. The lowest BCUT2D eigenvalue weighted by Crippen LogP contribution is -2.23. The van der Waals surface area contributed by atoms with Crippen molar-refractivity contribution in [2.75, 3.05) is 13.2 Å². The molecule has 0 radical (unpaired) electrons. The molecule has 140 valence electrons. The highest BCUT2D eigenvalue weighted by molar-refractivity contribution is 5.91. The van der Waals surface area contributed by atoms with Crippen LogP contribution in [0.5, 0.6) is 5.75 Å². The van der Waals surface area contributed by atoms with Gasteiger partial charge < -0.3 is 15.0 Å². The fraction of sp³-hybridized carbons (Fsp3) is 0.273. The zero-order valence-electron chi connectivity index (χ0n) is 15.6. The van der Waals surface area contributed by atoms with E-state index in [0.717, 1.165) is 47.6 Å². The molecule has 0 saturated carbocycles. The molecular formula is C22H25N3O2. The van der Waals surface area contributed by atoms with Crippen molar-refractivity contribution in [3.63, 3.8) is 0 Å². The maximum Gasteiger partial charge on any atom is 0.244 e. The van der Waals surface area contributed by atoms with Gasteiger partial charge >= 0.3 is 0 Å². The van der Waals surface area contributed by atoms with Gasteiger partial charge in [0.05, 0.1) is 17.6 Å². The van der Waals surface area contributed by atoms with Gasteiger partial charge in [-0.15, -0.1) is 0 Å². The third-order valence-corrected chi connectivity index (χ3v) is 4.17. The van der Waals surface area contributed by atoms with Gasteiger partial charge in [0.1, 0.15) is 11.6 Å². The zero-order chi connectivity index (χ0) is 18.9. The molecular weight excluding hydrogens is 338 g/mol. The standard InChI is InChI=1S/C22H25N3O2/c1-2-3-16-27-18-11-8-17(9-12-18)10-13-22(26)23-15-14-21-24-19-6-4-5-7-20(19)25-21/h4-13H,2-3,14-16H2,1H3,(H,23,26)(H,24,25)/b13-10+. The third kappa shape index (κ3) is 5.71. The van der Waals surface area contributed by atoms with E-state index in [-0.39, 0.29) is 5.91 Å². The van der Waals surface area contributed by atoms with Crippen LogP contribution in [-0.2, 0) is 11.2 Å². The monoisotopic (exact) mass is 363 g/mol. The molecule has 0 aliphatic heterocycles. The summed E-state index contributed by atoms with van der Waals surface area (Å²) >= 11 is 0. The van der Waals surface area contributed by atoms with Crippen LogP contribution in [0.15, 0.2) is 54.6 Å². The minimum Gasteiger partial charge on any atom is -0.494 e. The van der Waals surface area contributed by atoms with Crippen LogP contribution in [-0.4, -0.2) is 29.0 Å². The molecule has 0 bridgehead atoms. The number of amides is 1. The largest absolute Gasteiger partial charge is 0.494 e. The molecule has 0 atom stereocenters. The number of carbonyl (C=O) groups excluding carboxylic acids is 1. The number of nitrogens with one attached hydrogen (secondary N) is 2. The first kappa shape index (κ1) is 18.7. The molecule has 0 fully saturated rings. The molecule has 1 amide bonds. The minimum absolute atomic E-state index is 0.116. The number of hydrogen-bond acceptors (Lipinski definition) is 3. The van der Waals surface area contributed by atoms with E-state index in [1.165, 1.54) is 0 Å². The zero-order valence-corrected chi connectivity index (χ0v) is 15.6. The van der Waals surface area contributed by atoms with Crippen LogP contribution in [0.25, 0.3) is 17.1 Å². The summed E-state index contributed by atoms with van der Waals surface area (Å²) in [5.74, 6) is 1.62. The fourth-order valence-corrected chi connectivity index (χ4v) is 2.67. The summed E-state index contributed by atoms with van der Waals surface area (Å²) in [7, 11) is 0. The van der Waals surface area contributed by atoms with Crippen LogP contribution in [0, 0.1) is 0 Å². The van der Waals surface area contributed by atoms with Crippen molar-refractivity contribution in [2.45, 2.75) is 26.2 Å². The summed E-state index contributed by atoms with van der Waals surface area (Å²) in [5, 5.41) is 2.88. The molecule has 5 heteroatoms. The van der Waals surface area contributed by atoms with E-state index in [9.17, 15) is 4.79 Å². The Kier molecular flexibility index (Phi) is 6.63. The minimum atomic E-state index is -0.116. The topological polar surface area (TPSA) is 67.0 Å². The van der Waals surface area contributed by atoms with E-state index in [1.54, 1.807) is 12.2 Å². The molecule has 2 N–H and O–H groups in total. The molecule has 0 aliphatic carbocycles. The molecule has 3 rings (SSSR count). The molecule has 0 spiro atoms. The van der Waals surface area contributed by atoms with E-state index in [0.29, 0.717) is 13.0 Å². The predicted octanol–water partition coefficient (Wildman–Crippen LogP) is 4.11. The Morgan fingerprint density at radius 3 is 2.78 bits per heavy atom. The van der Waals surface area contributed by atoms with Crippen LogP contribution in [0.2, 0.25) is 0 Å². The number of aromatic nitrogens is 2. The summed E-state index contributed by atoms with van der Waals surface area (Å²) in [6.45, 7) is 3.41. The van der Waals surface area contributed by atoms with E-state index < -0.39 is 0 Å². The highest BCUT2D eigenvalue weighted by Gasteiger charge is 2.02. The summed E-state index contributed by atoms with van der Waals surface area (Å²) in [5.41, 5.74) is 2.92. The summed E-state index contributed by atoms with van der Waals surface area (Å²) < 4.78 is 5.63.